The summed E-state index contributed by atoms with van der Waals surface area (Å²) in [6.07, 6.45) is 3.47. The molecule has 1 saturated heterocycles. The van der Waals surface area contributed by atoms with E-state index in [1.54, 1.807) is 10.8 Å². The Morgan fingerprint density at radius 3 is 2.61 bits per heavy atom. The molecule has 1 aliphatic rings. The molecule has 0 unspecified atom stereocenters. The Kier molecular flexibility index (Phi) is 6.61. The average Bonchev–Trinajstić information content (AvgIpc) is 3.68. The highest BCUT2D eigenvalue weighted by Crippen LogP contribution is 2.26. The second-order valence-corrected chi connectivity index (χ2v) is 9.86. The van der Waals surface area contributed by atoms with Crippen LogP contribution < -0.4 is 15.4 Å². The Labute approximate surface area is 221 Å². The van der Waals surface area contributed by atoms with Crippen molar-refractivity contribution in [1.82, 2.24) is 33.9 Å². The number of benzene rings is 1. The number of piperazine rings is 1. The summed E-state index contributed by atoms with van der Waals surface area (Å²) in [7, 11) is 4.10. The molecule has 11 heteroatoms. The lowest BCUT2D eigenvalue weighted by atomic mass is 10.2. The van der Waals surface area contributed by atoms with E-state index in [9.17, 15) is 0 Å². The topological polar surface area (TPSA) is 106 Å². The Morgan fingerprint density at radius 2 is 1.87 bits per heavy atom. The third kappa shape index (κ3) is 4.90. The van der Waals surface area contributed by atoms with E-state index in [0.717, 1.165) is 68.2 Å². The summed E-state index contributed by atoms with van der Waals surface area (Å²) in [6.45, 7) is 7.29. The Bertz CT molecular complexity index is 1500. The first kappa shape index (κ1) is 24.3. The van der Waals surface area contributed by atoms with E-state index in [-0.39, 0.29) is 0 Å². The zero-order valence-corrected chi connectivity index (χ0v) is 21.8. The van der Waals surface area contributed by atoms with Crippen LogP contribution in [-0.2, 0) is 6.54 Å². The first-order valence-electron chi connectivity index (χ1n) is 12.9. The van der Waals surface area contributed by atoms with Crippen LogP contribution in [0.5, 0.6) is 5.75 Å². The van der Waals surface area contributed by atoms with Gasteiger partial charge in [-0.2, -0.15) is 14.6 Å². The van der Waals surface area contributed by atoms with Gasteiger partial charge in [-0.15, -0.1) is 0 Å². The highest BCUT2D eigenvalue weighted by atomic mass is 16.5. The molecule has 0 aliphatic carbocycles. The fraction of sp³-hybridized carbons (Fsp3) is 0.370. The minimum absolute atomic E-state index is 0.329. The van der Waals surface area contributed by atoms with Gasteiger partial charge in [-0.3, -0.25) is 4.90 Å². The molecule has 38 heavy (non-hydrogen) atoms. The standard InChI is InChI=1S/C27H33N9O2/c1-32(2)15-17-37-21-7-5-20(6-8-21)34-12-9-33(10-13-34)11-14-35-19-29-25-23-18-22(24-4-3-16-38-24)31-36(23)27(28)30-26(25)35/h3-8,16,18-19H,9-15,17H2,1-2H3,(H2,28,30). The lowest BCUT2D eigenvalue weighted by molar-refractivity contribution is 0.249. The van der Waals surface area contributed by atoms with Crippen LogP contribution in [0.25, 0.3) is 28.1 Å². The normalized spacial score (nSPS) is 14.8. The number of rotatable bonds is 9. The number of aromatic nitrogens is 5. The smallest absolute Gasteiger partial charge is 0.223 e. The maximum Gasteiger partial charge on any atom is 0.223 e. The van der Waals surface area contributed by atoms with Crippen LogP contribution in [0.15, 0.2) is 59.5 Å². The summed E-state index contributed by atoms with van der Waals surface area (Å²) in [5, 5.41) is 4.55. The summed E-state index contributed by atoms with van der Waals surface area (Å²) < 4.78 is 15.0. The largest absolute Gasteiger partial charge is 0.492 e. The van der Waals surface area contributed by atoms with Gasteiger partial charge >= 0.3 is 0 Å². The third-order valence-electron chi connectivity index (χ3n) is 7.01. The van der Waals surface area contributed by atoms with Gasteiger partial charge in [-0.25, -0.2) is 4.98 Å². The fourth-order valence-electron chi connectivity index (χ4n) is 4.84. The molecule has 1 aliphatic heterocycles. The van der Waals surface area contributed by atoms with Crippen molar-refractivity contribution in [3.63, 3.8) is 0 Å². The maximum absolute atomic E-state index is 6.26. The highest BCUT2D eigenvalue weighted by Gasteiger charge is 2.19. The number of fused-ring (bicyclic) bond motifs is 3. The second kappa shape index (κ2) is 10.3. The number of nitrogen functional groups attached to an aromatic ring is 1. The van der Waals surface area contributed by atoms with E-state index < -0.39 is 0 Å². The van der Waals surface area contributed by atoms with Crippen LogP contribution in [0.4, 0.5) is 11.6 Å². The van der Waals surface area contributed by atoms with Crippen LogP contribution in [0.1, 0.15) is 0 Å². The van der Waals surface area contributed by atoms with E-state index >= 15 is 0 Å². The van der Waals surface area contributed by atoms with Crippen molar-refractivity contribution in [2.75, 3.05) is 70.6 Å². The lowest BCUT2D eigenvalue weighted by Gasteiger charge is -2.36. The average molecular weight is 516 g/mol. The quantitative estimate of drug-likeness (QED) is 0.317. The third-order valence-corrected chi connectivity index (χ3v) is 7.01. The molecular weight excluding hydrogens is 482 g/mol. The molecule has 0 saturated carbocycles. The number of imidazole rings is 1. The van der Waals surface area contributed by atoms with Crippen LogP contribution >= 0.6 is 0 Å². The first-order valence-corrected chi connectivity index (χ1v) is 12.9. The molecule has 1 fully saturated rings. The Hall–Kier alpha value is -4.09. The minimum atomic E-state index is 0.329. The molecule has 0 atom stereocenters. The van der Waals surface area contributed by atoms with E-state index in [0.29, 0.717) is 24.0 Å². The lowest BCUT2D eigenvalue weighted by Crippen LogP contribution is -2.47. The van der Waals surface area contributed by atoms with E-state index in [4.69, 9.17) is 14.9 Å². The number of ether oxygens (including phenoxy) is 1. The molecule has 0 amide bonds. The van der Waals surface area contributed by atoms with Crippen molar-refractivity contribution < 1.29 is 9.15 Å². The van der Waals surface area contributed by atoms with Gasteiger partial charge in [0.25, 0.3) is 0 Å². The predicted octanol–water partition coefficient (Wildman–Crippen LogP) is 2.68. The molecular formula is C27H33N9O2. The fourth-order valence-corrected chi connectivity index (χ4v) is 4.84. The maximum atomic E-state index is 6.26. The minimum Gasteiger partial charge on any atom is -0.492 e. The number of hydrogen-bond acceptors (Lipinski definition) is 9. The van der Waals surface area contributed by atoms with Gasteiger partial charge in [0.1, 0.15) is 29.1 Å². The molecule has 1 aromatic carbocycles. The van der Waals surface area contributed by atoms with Crippen molar-refractivity contribution in [1.29, 1.82) is 0 Å². The number of hydrogen-bond donors (Lipinski definition) is 1. The van der Waals surface area contributed by atoms with E-state index in [1.165, 1.54) is 5.69 Å². The summed E-state index contributed by atoms with van der Waals surface area (Å²) in [6, 6.07) is 14.1. The zero-order valence-electron chi connectivity index (χ0n) is 21.8. The predicted molar refractivity (Wildman–Crippen MR) is 148 cm³/mol. The highest BCUT2D eigenvalue weighted by molar-refractivity contribution is 5.90. The van der Waals surface area contributed by atoms with Crippen molar-refractivity contribution >= 4 is 28.3 Å². The Balaban J connectivity index is 1.07. The van der Waals surface area contributed by atoms with Crippen molar-refractivity contribution in [2.24, 2.45) is 0 Å². The van der Waals surface area contributed by atoms with Gasteiger partial charge in [0, 0.05) is 51.5 Å². The van der Waals surface area contributed by atoms with Gasteiger partial charge in [0.2, 0.25) is 5.95 Å². The molecule has 0 radical (unpaired) electrons. The molecule has 4 aromatic heterocycles. The molecule has 5 heterocycles. The molecule has 0 spiro atoms. The van der Waals surface area contributed by atoms with Crippen LogP contribution in [-0.4, -0.2) is 93.9 Å². The number of anilines is 2. The molecule has 5 aromatic rings. The zero-order chi connectivity index (χ0) is 26.1. The monoisotopic (exact) mass is 515 g/mol. The summed E-state index contributed by atoms with van der Waals surface area (Å²) in [5.74, 6) is 1.93. The van der Waals surface area contributed by atoms with Gasteiger partial charge in [0.05, 0.1) is 12.6 Å². The van der Waals surface area contributed by atoms with Crippen LogP contribution in [0.3, 0.4) is 0 Å². The first-order chi connectivity index (χ1) is 18.5. The molecule has 0 bridgehead atoms. The van der Waals surface area contributed by atoms with Gasteiger partial charge < -0.3 is 29.3 Å². The number of nitrogens with zero attached hydrogens (tertiary/aromatic N) is 8. The molecule has 6 rings (SSSR count). The molecule has 11 nitrogen and oxygen atoms in total. The van der Waals surface area contributed by atoms with Gasteiger partial charge in [0.15, 0.2) is 11.4 Å². The summed E-state index contributed by atoms with van der Waals surface area (Å²) in [5.41, 5.74) is 10.6. The summed E-state index contributed by atoms with van der Waals surface area (Å²) >= 11 is 0. The molecule has 198 valence electrons. The van der Waals surface area contributed by atoms with E-state index in [1.807, 2.05) is 38.6 Å². The van der Waals surface area contributed by atoms with Crippen molar-refractivity contribution in [3.05, 3.63) is 55.1 Å². The van der Waals surface area contributed by atoms with E-state index in [2.05, 4.69) is 58.6 Å². The second-order valence-electron chi connectivity index (χ2n) is 9.86. The SMILES string of the molecule is CN(C)CCOc1ccc(N2CCN(CCn3cnc4c3nc(N)n3nc(-c5ccco5)cc43)CC2)cc1. The van der Waals surface area contributed by atoms with Crippen molar-refractivity contribution in [2.45, 2.75) is 6.54 Å². The van der Waals surface area contributed by atoms with Crippen molar-refractivity contribution in [3.8, 4) is 17.2 Å². The summed E-state index contributed by atoms with van der Waals surface area (Å²) in [4.78, 5) is 16.3. The molecule has 2 N–H and O–H groups in total. The van der Waals surface area contributed by atoms with Gasteiger partial charge in [-0.1, -0.05) is 0 Å². The van der Waals surface area contributed by atoms with Gasteiger partial charge in [-0.05, 0) is 56.6 Å². The van der Waals surface area contributed by atoms with Crippen LogP contribution in [0, 0.1) is 0 Å². The number of nitrogens with two attached hydrogens (primary N) is 1. The number of likely N-dealkylation sites (N-methyl/N-ethyl adjacent to an activating group) is 1. The number of furan rings is 1. The van der Waals surface area contributed by atoms with Crippen LogP contribution in [0.2, 0.25) is 0 Å². The Morgan fingerprint density at radius 1 is 1.05 bits per heavy atom.